The van der Waals surface area contributed by atoms with Gasteiger partial charge >= 0.3 is 6.36 Å². The summed E-state index contributed by atoms with van der Waals surface area (Å²) in [6.45, 7) is 3.38. The maximum absolute atomic E-state index is 12.2. The number of hydrogen-bond acceptors (Lipinski definition) is 4. The van der Waals surface area contributed by atoms with Crippen molar-refractivity contribution < 1.29 is 32.2 Å². The van der Waals surface area contributed by atoms with E-state index in [1.807, 2.05) is 0 Å². The molecule has 1 aliphatic rings. The first-order chi connectivity index (χ1) is 11.3. The van der Waals surface area contributed by atoms with Crippen molar-refractivity contribution in [3.05, 3.63) is 29.8 Å². The minimum absolute atomic E-state index is 0.131. The summed E-state index contributed by atoms with van der Waals surface area (Å²) in [6.07, 6.45) is -4.79. The molecular weight excluding hydrogens is 329 g/mol. The van der Waals surface area contributed by atoms with E-state index in [2.05, 4.69) is 10.1 Å². The Labute approximate surface area is 136 Å². The second-order valence-electron chi connectivity index (χ2n) is 5.20. The van der Waals surface area contributed by atoms with Crippen LogP contribution in [0.15, 0.2) is 24.3 Å². The summed E-state index contributed by atoms with van der Waals surface area (Å²) >= 11 is 0. The van der Waals surface area contributed by atoms with E-state index in [1.165, 1.54) is 12.1 Å². The topological polar surface area (TPSA) is 67.9 Å². The summed E-state index contributed by atoms with van der Waals surface area (Å²) < 4.78 is 45.1. The molecule has 1 aromatic rings. The summed E-state index contributed by atoms with van der Waals surface area (Å²) in [5.41, 5.74) is 0.131. The van der Waals surface area contributed by atoms with Crippen LogP contribution in [0.25, 0.3) is 0 Å². The lowest BCUT2D eigenvalue weighted by Crippen LogP contribution is -2.50. The molecule has 2 amide bonds. The molecule has 1 aliphatic heterocycles. The molecule has 132 valence electrons. The van der Waals surface area contributed by atoms with E-state index in [0.717, 1.165) is 12.1 Å². The molecule has 1 fully saturated rings. The van der Waals surface area contributed by atoms with Gasteiger partial charge in [-0.25, -0.2) is 0 Å². The fourth-order valence-corrected chi connectivity index (χ4v) is 2.21. The first-order valence-corrected chi connectivity index (χ1v) is 7.29. The van der Waals surface area contributed by atoms with E-state index < -0.39 is 24.1 Å². The minimum Gasteiger partial charge on any atom is -0.406 e. The Hall–Kier alpha value is -2.29. The molecular formula is C15H17F3N2O4. The smallest absolute Gasteiger partial charge is 0.406 e. The Morgan fingerprint density at radius 3 is 2.33 bits per heavy atom. The highest BCUT2D eigenvalue weighted by molar-refractivity contribution is 5.97. The molecule has 0 saturated carbocycles. The van der Waals surface area contributed by atoms with Crippen LogP contribution in [0.2, 0.25) is 0 Å². The van der Waals surface area contributed by atoms with Crippen molar-refractivity contribution in [2.45, 2.75) is 19.3 Å². The molecule has 0 bridgehead atoms. The molecule has 2 rings (SSSR count). The molecule has 1 aromatic carbocycles. The standard InChI is InChI=1S/C15H17F3N2O4/c1-10(14(22)20-6-8-23-9-7-20)19-13(21)11-2-4-12(5-3-11)24-15(16,17)18/h2-5,10H,6-9H2,1H3,(H,19,21)/t10-/m0/s1. The van der Waals surface area contributed by atoms with Crippen LogP contribution >= 0.6 is 0 Å². The third-order valence-corrected chi connectivity index (χ3v) is 3.39. The van der Waals surface area contributed by atoms with Gasteiger partial charge in [0.2, 0.25) is 5.91 Å². The Kier molecular flexibility index (Phi) is 5.66. The summed E-state index contributed by atoms with van der Waals surface area (Å²) in [4.78, 5) is 25.8. The third-order valence-electron chi connectivity index (χ3n) is 3.39. The lowest BCUT2D eigenvalue weighted by atomic mass is 10.2. The van der Waals surface area contributed by atoms with Crippen molar-refractivity contribution in [2.75, 3.05) is 26.3 Å². The molecule has 0 aromatic heterocycles. The van der Waals surface area contributed by atoms with Crippen LogP contribution in [0.4, 0.5) is 13.2 Å². The third kappa shape index (κ3) is 5.12. The predicted octanol–water partition coefficient (Wildman–Crippen LogP) is 1.56. The Morgan fingerprint density at radius 2 is 1.79 bits per heavy atom. The van der Waals surface area contributed by atoms with Crippen molar-refractivity contribution >= 4 is 11.8 Å². The van der Waals surface area contributed by atoms with Crippen molar-refractivity contribution in [1.29, 1.82) is 0 Å². The van der Waals surface area contributed by atoms with Crippen LogP contribution in [-0.4, -0.2) is 55.4 Å². The Balaban J connectivity index is 1.92. The molecule has 0 spiro atoms. The highest BCUT2D eigenvalue weighted by Gasteiger charge is 2.31. The van der Waals surface area contributed by atoms with Gasteiger partial charge in [-0.05, 0) is 31.2 Å². The highest BCUT2D eigenvalue weighted by Crippen LogP contribution is 2.22. The van der Waals surface area contributed by atoms with Crippen molar-refractivity contribution in [2.24, 2.45) is 0 Å². The molecule has 0 radical (unpaired) electrons. The molecule has 1 atom stereocenters. The first kappa shape index (κ1) is 18.1. The summed E-state index contributed by atoms with van der Waals surface area (Å²) in [5, 5.41) is 2.53. The van der Waals surface area contributed by atoms with Crippen LogP contribution in [0, 0.1) is 0 Å². The summed E-state index contributed by atoms with van der Waals surface area (Å²) in [5.74, 6) is -1.21. The number of morpholine rings is 1. The average Bonchev–Trinajstić information content (AvgIpc) is 2.54. The number of alkyl halides is 3. The number of ether oxygens (including phenoxy) is 2. The number of hydrogen-bond donors (Lipinski definition) is 1. The van der Waals surface area contributed by atoms with Crippen LogP contribution in [0.5, 0.6) is 5.75 Å². The average molecular weight is 346 g/mol. The van der Waals surface area contributed by atoms with Gasteiger partial charge in [0.05, 0.1) is 13.2 Å². The molecule has 6 nitrogen and oxygen atoms in total. The summed E-state index contributed by atoms with van der Waals surface area (Å²) in [7, 11) is 0. The number of nitrogens with one attached hydrogen (secondary N) is 1. The van der Waals surface area contributed by atoms with Crippen LogP contribution in [0.3, 0.4) is 0 Å². The highest BCUT2D eigenvalue weighted by atomic mass is 19.4. The number of halogens is 3. The van der Waals surface area contributed by atoms with Crippen molar-refractivity contribution in [3.63, 3.8) is 0 Å². The van der Waals surface area contributed by atoms with Crippen LogP contribution in [-0.2, 0) is 9.53 Å². The van der Waals surface area contributed by atoms with E-state index in [1.54, 1.807) is 11.8 Å². The van der Waals surface area contributed by atoms with Gasteiger partial charge in [0.25, 0.3) is 5.91 Å². The van der Waals surface area contributed by atoms with Gasteiger partial charge in [-0.3, -0.25) is 9.59 Å². The fraction of sp³-hybridized carbons (Fsp3) is 0.467. The van der Waals surface area contributed by atoms with Gasteiger partial charge in [-0.2, -0.15) is 0 Å². The Morgan fingerprint density at radius 1 is 1.21 bits per heavy atom. The molecule has 0 unspecified atom stereocenters. The maximum Gasteiger partial charge on any atom is 0.573 e. The van der Waals surface area contributed by atoms with Gasteiger partial charge < -0.3 is 19.7 Å². The Bertz CT molecular complexity index is 583. The van der Waals surface area contributed by atoms with Crippen LogP contribution in [0.1, 0.15) is 17.3 Å². The normalized spacial score (nSPS) is 16.4. The number of benzene rings is 1. The zero-order valence-electron chi connectivity index (χ0n) is 12.9. The maximum atomic E-state index is 12.2. The number of amides is 2. The van der Waals surface area contributed by atoms with E-state index in [0.29, 0.717) is 26.3 Å². The number of rotatable bonds is 4. The lowest BCUT2D eigenvalue weighted by Gasteiger charge is -2.29. The monoisotopic (exact) mass is 346 g/mol. The fourth-order valence-electron chi connectivity index (χ4n) is 2.21. The zero-order valence-corrected chi connectivity index (χ0v) is 12.9. The van der Waals surface area contributed by atoms with Gasteiger partial charge in [-0.15, -0.1) is 13.2 Å². The first-order valence-electron chi connectivity index (χ1n) is 7.29. The minimum atomic E-state index is -4.79. The van der Waals surface area contributed by atoms with Gasteiger partial charge in [0.15, 0.2) is 0 Å². The zero-order chi connectivity index (χ0) is 17.7. The second-order valence-corrected chi connectivity index (χ2v) is 5.20. The molecule has 1 saturated heterocycles. The summed E-state index contributed by atoms with van der Waals surface area (Å²) in [6, 6.07) is 3.72. The van der Waals surface area contributed by atoms with E-state index in [-0.39, 0.29) is 11.5 Å². The quantitative estimate of drug-likeness (QED) is 0.899. The number of carbonyl (C=O) groups is 2. The SMILES string of the molecule is C[C@H](NC(=O)c1ccc(OC(F)(F)F)cc1)C(=O)N1CCOCC1. The molecule has 9 heteroatoms. The molecule has 1 heterocycles. The second kappa shape index (κ2) is 7.52. The lowest BCUT2D eigenvalue weighted by molar-refractivity contribution is -0.274. The van der Waals surface area contributed by atoms with Gasteiger partial charge in [0.1, 0.15) is 11.8 Å². The van der Waals surface area contributed by atoms with Gasteiger partial charge in [0, 0.05) is 18.7 Å². The molecule has 0 aliphatic carbocycles. The van der Waals surface area contributed by atoms with E-state index >= 15 is 0 Å². The van der Waals surface area contributed by atoms with E-state index in [4.69, 9.17) is 4.74 Å². The van der Waals surface area contributed by atoms with Crippen molar-refractivity contribution in [3.8, 4) is 5.75 Å². The number of carbonyl (C=O) groups excluding carboxylic acids is 2. The largest absolute Gasteiger partial charge is 0.573 e. The predicted molar refractivity (Wildman–Crippen MR) is 77.5 cm³/mol. The molecule has 24 heavy (non-hydrogen) atoms. The number of nitrogens with zero attached hydrogens (tertiary/aromatic N) is 1. The molecule has 1 N–H and O–H groups in total. The van der Waals surface area contributed by atoms with Gasteiger partial charge in [-0.1, -0.05) is 0 Å². The van der Waals surface area contributed by atoms with E-state index in [9.17, 15) is 22.8 Å². The van der Waals surface area contributed by atoms with Crippen molar-refractivity contribution in [1.82, 2.24) is 10.2 Å². The van der Waals surface area contributed by atoms with Crippen LogP contribution < -0.4 is 10.1 Å².